The van der Waals surface area contributed by atoms with Crippen LogP contribution in [-0.4, -0.2) is 41.8 Å². The van der Waals surface area contributed by atoms with Gasteiger partial charge in [-0.1, -0.05) is 11.2 Å². The third-order valence-electron chi connectivity index (χ3n) is 3.28. The second-order valence-corrected chi connectivity index (χ2v) is 7.10. The minimum atomic E-state index is -3.62. The summed E-state index contributed by atoms with van der Waals surface area (Å²) in [6, 6.07) is 7.28. The number of hydrogen-bond donors (Lipinski definition) is 3. The van der Waals surface area contributed by atoms with E-state index in [9.17, 15) is 8.42 Å². The molecule has 3 aromatic rings. The second kappa shape index (κ2) is 7.89. The van der Waals surface area contributed by atoms with Crippen LogP contribution >= 0.6 is 0 Å². The van der Waals surface area contributed by atoms with Gasteiger partial charge in [0.05, 0.1) is 6.20 Å². The minimum absolute atomic E-state index is 0.0163. The van der Waals surface area contributed by atoms with Crippen LogP contribution in [0.5, 0.6) is 0 Å². The lowest BCUT2D eigenvalue weighted by atomic mass is 10.3. The number of aromatic nitrogens is 4. The number of nitrogens with zero attached hydrogens (tertiary/aromatic N) is 4. The second-order valence-electron chi connectivity index (χ2n) is 5.33. The summed E-state index contributed by atoms with van der Waals surface area (Å²) in [6.45, 7) is 2.47. The van der Waals surface area contributed by atoms with Gasteiger partial charge in [0.15, 0.2) is 5.82 Å². The van der Waals surface area contributed by atoms with Crippen LogP contribution in [0, 0.1) is 6.92 Å². The van der Waals surface area contributed by atoms with E-state index in [-0.39, 0.29) is 11.4 Å². The molecule has 0 amide bonds. The van der Waals surface area contributed by atoms with Crippen molar-refractivity contribution >= 4 is 27.5 Å². The van der Waals surface area contributed by atoms with Crippen molar-refractivity contribution in [1.29, 1.82) is 0 Å². The van der Waals surface area contributed by atoms with E-state index in [0.717, 1.165) is 18.0 Å². The van der Waals surface area contributed by atoms with E-state index in [0.29, 0.717) is 24.0 Å². The van der Waals surface area contributed by atoms with Crippen LogP contribution in [0.4, 0.5) is 17.5 Å². The highest BCUT2D eigenvalue weighted by Gasteiger charge is 2.15. The van der Waals surface area contributed by atoms with Crippen molar-refractivity contribution in [2.24, 2.45) is 0 Å². The normalized spacial score (nSPS) is 11.3. The molecular formula is C15H17N7O3S. The summed E-state index contributed by atoms with van der Waals surface area (Å²) in [6.07, 6.45) is 3.96. The lowest BCUT2D eigenvalue weighted by Gasteiger charge is -2.08. The summed E-state index contributed by atoms with van der Waals surface area (Å²) in [5.41, 5.74) is 1.07. The van der Waals surface area contributed by atoms with E-state index in [4.69, 9.17) is 0 Å². The molecule has 3 rings (SSSR count). The molecule has 0 atom stereocenters. The monoisotopic (exact) mass is 375 g/mol. The van der Waals surface area contributed by atoms with Gasteiger partial charge >= 0.3 is 0 Å². The Labute approximate surface area is 150 Å². The lowest BCUT2D eigenvalue weighted by molar-refractivity contribution is 0.417. The Morgan fingerprint density at radius 3 is 2.42 bits per heavy atom. The molecule has 0 saturated carbocycles. The van der Waals surface area contributed by atoms with Crippen molar-refractivity contribution in [3.63, 3.8) is 0 Å². The highest BCUT2D eigenvalue weighted by atomic mass is 32.2. The van der Waals surface area contributed by atoms with E-state index in [1.807, 2.05) is 19.1 Å². The molecule has 0 aliphatic heterocycles. The van der Waals surface area contributed by atoms with Crippen molar-refractivity contribution in [3.05, 3.63) is 48.5 Å². The zero-order chi connectivity index (χ0) is 18.4. The SMILES string of the molecule is Cc1ccc(Nc2ccc(NCCNS(=O)(=O)c3cnoc3)nn2)nc1. The minimum Gasteiger partial charge on any atom is -0.367 e. The molecule has 3 aromatic heterocycles. The fourth-order valence-corrected chi connectivity index (χ4v) is 2.84. The quantitative estimate of drug-likeness (QED) is 0.498. The largest absolute Gasteiger partial charge is 0.367 e. The van der Waals surface area contributed by atoms with E-state index in [2.05, 4.69) is 40.2 Å². The highest BCUT2D eigenvalue weighted by Crippen LogP contribution is 2.12. The lowest BCUT2D eigenvalue weighted by Crippen LogP contribution is -2.28. The summed E-state index contributed by atoms with van der Waals surface area (Å²) in [5, 5.41) is 17.5. The standard InChI is InChI=1S/C15H17N7O3S/c1-11-2-3-13(17-8-11)20-15-5-4-14(21-22-15)16-6-7-19-26(23,24)12-9-18-25-10-12/h2-5,8-10,19H,6-7H2,1H3,(H,16,21)(H,17,20,22). The van der Waals surface area contributed by atoms with Gasteiger partial charge in [0.25, 0.3) is 0 Å². The Bertz CT molecular complexity index is 926. The topological polar surface area (TPSA) is 135 Å². The average Bonchev–Trinajstić information content (AvgIpc) is 3.18. The first-order chi connectivity index (χ1) is 12.5. The fourth-order valence-electron chi connectivity index (χ4n) is 1.95. The van der Waals surface area contributed by atoms with Crippen LogP contribution in [0.1, 0.15) is 5.56 Å². The van der Waals surface area contributed by atoms with Crippen LogP contribution in [0.25, 0.3) is 0 Å². The summed E-state index contributed by atoms with van der Waals surface area (Å²) >= 11 is 0. The summed E-state index contributed by atoms with van der Waals surface area (Å²) < 4.78 is 30.7. The molecule has 0 aliphatic rings. The molecule has 0 spiro atoms. The van der Waals surface area contributed by atoms with Gasteiger partial charge in [0.2, 0.25) is 10.0 Å². The number of pyridine rings is 1. The van der Waals surface area contributed by atoms with Gasteiger partial charge in [-0.15, -0.1) is 10.2 Å². The van der Waals surface area contributed by atoms with Gasteiger partial charge in [0, 0.05) is 19.3 Å². The number of nitrogens with one attached hydrogen (secondary N) is 3. The molecule has 3 N–H and O–H groups in total. The zero-order valence-corrected chi connectivity index (χ0v) is 14.7. The molecule has 11 heteroatoms. The van der Waals surface area contributed by atoms with Crippen molar-refractivity contribution in [2.75, 3.05) is 23.7 Å². The number of anilines is 3. The number of hydrogen-bond acceptors (Lipinski definition) is 9. The molecule has 0 aliphatic carbocycles. The Hall–Kier alpha value is -3.05. The number of rotatable bonds is 8. The predicted molar refractivity (Wildman–Crippen MR) is 94.5 cm³/mol. The average molecular weight is 375 g/mol. The van der Waals surface area contributed by atoms with E-state index >= 15 is 0 Å². The Balaban J connectivity index is 1.46. The number of sulfonamides is 1. The predicted octanol–water partition coefficient (Wildman–Crippen LogP) is 1.30. The molecule has 0 bridgehead atoms. The molecule has 0 fully saturated rings. The molecule has 0 unspecified atom stereocenters. The Morgan fingerprint density at radius 1 is 1.00 bits per heavy atom. The molecule has 10 nitrogen and oxygen atoms in total. The summed E-state index contributed by atoms with van der Waals surface area (Å²) in [4.78, 5) is 4.21. The first-order valence-corrected chi connectivity index (χ1v) is 9.17. The van der Waals surface area contributed by atoms with Gasteiger partial charge in [0.1, 0.15) is 22.8 Å². The van der Waals surface area contributed by atoms with Crippen LogP contribution in [0.2, 0.25) is 0 Å². The van der Waals surface area contributed by atoms with Gasteiger partial charge < -0.3 is 15.2 Å². The van der Waals surface area contributed by atoms with Crippen molar-refractivity contribution in [1.82, 2.24) is 25.1 Å². The summed E-state index contributed by atoms with van der Waals surface area (Å²) in [7, 11) is -3.62. The van der Waals surface area contributed by atoms with Crippen LogP contribution < -0.4 is 15.4 Å². The first-order valence-electron chi connectivity index (χ1n) is 7.69. The first kappa shape index (κ1) is 17.8. The maximum Gasteiger partial charge on any atom is 0.245 e. The number of aryl methyl sites for hydroxylation is 1. The van der Waals surface area contributed by atoms with Gasteiger partial charge in [-0.2, -0.15) is 0 Å². The molecule has 0 radical (unpaired) electrons. The van der Waals surface area contributed by atoms with Crippen molar-refractivity contribution < 1.29 is 12.9 Å². The smallest absolute Gasteiger partial charge is 0.245 e. The Kier molecular flexibility index (Phi) is 5.39. The summed E-state index contributed by atoms with van der Waals surface area (Å²) in [5.74, 6) is 1.76. The van der Waals surface area contributed by atoms with Crippen LogP contribution in [0.15, 0.2) is 52.3 Å². The molecule has 3 heterocycles. The molecular weight excluding hydrogens is 358 g/mol. The van der Waals surface area contributed by atoms with Gasteiger partial charge in [-0.05, 0) is 30.7 Å². The van der Waals surface area contributed by atoms with E-state index in [1.54, 1.807) is 18.3 Å². The maximum atomic E-state index is 11.9. The maximum absolute atomic E-state index is 11.9. The van der Waals surface area contributed by atoms with E-state index < -0.39 is 10.0 Å². The molecule has 136 valence electrons. The Morgan fingerprint density at radius 2 is 1.77 bits per heavy atom. The third kappa shape index (κ3) is 4.74. The van der Waals surface area contributed by atoms with Gasteiger partial charge in [-0.25, -0.2) is 18.1 Å². The van der Waals surface area contributed by atoms with Crippen LogP contribution in [-0.2, 0) is 10.0 Å². The molecule has 0 aromatic carbocycles. The third-order valence-corrected chi connectivity index (χ3v) is 4.68. The fraction of sp³-hybridized carbons (Fsp3) is 0.200. The zero-order valence-electron chi connectivity index (χ0n) is 13.9. The van der Waals surface area contributed by atoms with Crippen molar-refractivity contribution in [2.45, 2.75) is 11.8 Å². The highest BCUT2D eigenvalue weighted by molar-refractivity contribution is 7.89. The molecule has 26 heavy (non-hydrogen) atoms. The van der Waals surface area contributed by atoms with Crippen molar-refractivity contribution in [3.8, 4) is 0 Å². The van der Waals surface area contributed by atoms with E-state index in [1.165, 1.54) is 0 Å². The molecule has 0 saturated heterocycles. The van der Waals surface area contributed by atoms with Crippen LogP contribution in [0.3, 0.4) is 0 Å². The van der Waals surface area contributed by atoms with Gasteiger partial charge in [-0.3, -0.25) is 0 Å².